The number of carbonyl (C=O) groups excluding carboxylic acids is 1. The fourth-order valence-electron chi connectivity index (χ4n) is 1.28. The highest BCUT2D eigenvalue weighted by molar-refractivity contribution is 5.76. The lowest BCUT2D eigenvalue weighted by molar-refractivity contribution is -0.121. The zero-order valence-corrected chi connectivity index (χ0v) is 6.26. The van der Waals surface area contributed by atoms with E-state index in [1.54, 1.807) is 0 Å². The molecule has 2 unspecified atom stereocenters. The number of carbonyl (C=O) groups is 1. The third-order valence-corrected chi connectivity index (χ3v) is 1.80. The Morgan fingerprint density at radius 1 is 1.70 bits per heavy atom. The predicted molar refractivity (Wildman–Crippen MR) is 39.4 cm³/mol. The van der Waals surface area contributed by atoms with Crippen molar-refractivity contribution >= 4 is 5.91 Å². The monoisotopic (exact) mass is 142 g/mol. The van der Waals surface area contributed by atoms with Crippen LogP contribution in [0.2, 0.25) is 0 Å². The van der Waals surface area contributed by atoms with Crippen LogP contribution in [0.15, 0.2) is 0 Å². The third-order valence-electron chi connectivity index (χ3n) is 1.80. The molecule has 0 radical (unpaired) electrons. The molecule has 3 N–H and O–H groups in total. The van der Waals surface area contributed by atoms with Crippen LogP contribution in [0, 0.1) is 5.92 Å². The maximum atomic E-state index is 10.8. The Bertz CT molecular complexity index is 136. The van der Waals surface area contributed by atoms with Crippen LogP contribution in [0.4, 0.5) is 0 Å². The summed E-state index contributed by atoms with van der Waals surface area (Å²) >= 11 is 0. The Hall–Kier alpha value is -0.570. The molecule has 0 saturated carbocycles. The second kappa shape index (κ2) is 3.01. The molecule has 0 spiro atoms. The third kappa shape index (κ3) is 1.99. The summed E-state index contributed by atoms with van der Waals surface area (Å²) in [5.41, 5.74) is 5.65. The van der Waals surface area contributed by atoms with Gasteiger partial charge in [0.15, 0.2) is 0 Å². The van der Waals surface area contributed by atoms with Gasteiger partial charge in [0.1, 0.15) is 0 Å². The highest BCUT2D eigenvalue weighted by Crippen LogP contribution is 2.09. The number of hydrogen-bond donors (Lipinski definition) is 2. The lowest BCUT2D eigenvalue weighted by atomic mass is 10.0. The first kappa shape index (κ1) is 7.54. The van der Waals surface area contributed by atoms with E-state index < -0.39 is 0 Å². The number of amides is 1. The predicted octanol–water partition coefficient (Wildman–Crippen LogP) is -0.140. The van der Waals surface area contributed by atoms with Crippen molar-refractivity contribution in [3.63, 3.8) is 0 Å². The second-order valence-corrected chi connectivity index (χ2v) is 3.11. The normalized spacial score (nSPS) is 34.8. The Labute approximate surface area is 61.0 Å². The minimum atomic E-state index is 0.0671. The molecular formula is C7H14N2O. The van der Waals surface area contributed by atoms with Crippen LogP contribution in [-0.2, 0) is 4.79 Å². The molecule has 1 aliphatic rings. The van der Waals surface area contributed by atoms with Crippen molar-refractivity contribution < 1.29 is 4.79 Å². The Morgan fingerprint density at radius 2 is 2.40 bits per heavy atom. The van der Waals surface area contributed by atoms with E-state index in [1.807, 2.05) is 0 Å². The van der Waals surface area contributed by atoms with E-state index in [0.29, 0.717) is 12.3 Å². The summed E-state index contributed by atoms with van der Waals surface area (Å²) in [5.74, 6) is 0.623. The molecule has 10 heavy (non-hydrogen) atoms. The first-order valence-corrected chi connectivity index (χ1v) is 3.70. The Morgan fingerprint density at radius 3 is 3.10 bits per heavy atom. The van der Waals surface area contributed by atoms with Gasteiger partial charge in [-0.15, -0.1) is 0 Å². The van der Waals surface area contributed by atoms with Gasteiger partial charge in [-0.05, 0) is 12.3 Å². The number of nitrogens with one attached hydrogen (secondary N) is 1. The summed E-state index contributed by atoms with van der Waals surface area (Å²) in [6, 6.07) is 0.0671. The molecule has 3 nitrogen and oxygen atoms in total. The number of nitrogens with two attached hydrogens (primary N) is 1. The zero-order valence-electron chi connectivity index (χ0n) is 6.26. The van der Waals surface area contributed by atoms with E-state index in [0.717, 1.165) is 13.0 Å². The molecule has 0 aromatic rings. The molecule has 1 amide bonds. The van der Waals surface area contributed by atoms with Crippen LogP contribution in [-0.4, -0.2) is 18.5 Å². The maximum Gasteiger partial charge on any atom is 0.221 e. The molecule has 0 aromatic heterocycles. The SMILES string of the molecule is CC1CNC(=O)CC(N)C1. The maximum absolute atomic E-state index is 10.8. The van der Waals surface area contributed by atoms with Crippen molar-refractivity contribution in [2.45, 2.75) is 25.8 Å². The Balaban J connectivity index is 2.46. The summed E-state index contributed by atoms with van der Waals surface area (Å²) in [7, 11) is 0. The van der Waals surface area contributed by atoms with Gasteiger partial charge in [-0.3, -0.25) is 4.79 Å². The summed E-state index contributed by atoms with van der Waals surface area (Å²) in [4.78, 5) is 10.8. The average Bonchev–Trinajstić information content (AvgIpc) is 1.93. The molecule has 2 atom stereocenters. The van der Waals surface area contributed by atoms with E-state index in [4.69, 9.17) is 5.73 Å². The van der Waals surface area contributed by atoms with E-state index in [1.165, 1.54) is 0 Å². The van der Waals surface area contributed by atoms with Gasteiger partial charge >= 0.3 is 0 Å². The lowest BCUT2D eigenvalue weighted by Crippen LogP contribution is -2.27. The highest BCUT2D eigenvalue weighted by Gasteiger charge is 2.17. The zero-order chi connectivity index (χ0) is 7.56. The molecule has 0 aliphatic carbocycles. The molecule has 1 rings (SSSR count). The van der Waals surface area contributed by atoms with Crippen LogP contribution in [0.25, 0.3) is 0 Å². The van der Waals surface area contributed by atoms with Gasteiger partial charge in [-0.25, -0.2) is 0 Å². The van der Waals surface area contributed by atoms with Gasteiger partial charge in [-0.2, -0.15) is 0 Å². The van der Waals surface area contributed by atoms with Gasteiger partial charge < -0.3 is 11.1 Å². The van der Waals surface area contributed by atoms with E-state index >= 15 is 0 Å². The van der Waals surface area contributed by atoms with Crippen molar-refractivity contribution in [2.24, 2.45) is 11.7 Å². The molecule has 1 saturated heterocycles. The summed E-state index contributed by atoms with van der Waals surface area (Å²) in [6.07, 6.45) is 1.45. The average molecular weight is 142 g/mol. The van der Waals surface area contributed by atoms with E-state index in [-0.39, 0.29) is 11.9 Å². The van der Waals surface area contributed by atoms with E-state index in [9.17, 15) is 4.79 Å². The van der Waals surface area contributed by atoms with Crippen LogP contribution in [0.5, 0.6) is 0 Å². The molecule has 1 fully saturated rings. The van der Waals surface area contributed by atoms with Gasteiger partial charge in [0.25, 0.3) is 0 Å². The van der Waals surface area contributed by atoms with Crippen molar-refractivity contribution in [2.75, 3.05) is 6.54 Å². The number of hydrogen-bond acceptors (Lipinski definition) is 2. The van der Waals surface area contributed by atoms with Gasteiger partial charge in [0, 0.05) is 19.0 Å². The summed E-state index contributed by atoms with van der Waals surface area (Å²) < 4.78 is 0. The molecular weight excluding hydrogens is 128 g/mol. The summed E-state index contributed by atoms with van der Waals surface area (Å²) in [5, 5.41) is 2.81. The lowest BCUT2D eigenvalue weighted by Gasteiger charge is -2.08. The minimum Gasteiger partial charge on any atom is -0.356 e. The molecule has 1 heterocycles. The molecule has 3 heteroatoms. The highest BCUT2D eigenvalue weighted by atomic mass is 16.1. The quantitative estimate of drug-likeness (QED) is 0.494. The molecule has 0 bridgehead atoms. The van der Waals surface area contributed by atoms with Crippen LogP contribution in [0.1, 0.15) is 19.8 Å². The van der Waals surface area contributed by atoms with Crippen LogP contribution >= 0.6 is 0 Å². The Kier molecular flexibility index (Phi) is 2.27. The summed E-state index contributed by atoms with van der Waals surface area (Å²) in [6.45, 7) is 2.89. The van der Waals surface area contributed by atoms with Gasteiger partial charge in [0.2, 0.25) is 5.91 Å². The minimum absolute atomic E-state index is 0.0671. The van der Waals surface area contributed by atoms with Crippen molar-refractivity contribution in [1.82, 2.24) is 5.32 Å². The van der Waals surface area contributed by atoms with Gasteiger partial charge in [0.05, 0.1) is 0 Å². The van der Waals surface area contributed by atoms with Crippen molar-refractivity contribution in [3.8, 4) is 0 Å². The van der Waals surface area contributed by atoms with Crippen molar-refractivity contribution in [3.05, 3.63) is 0 Å². The van der Waals surface area contributed by atoms with Gasteiger partial charge in [-0.1, -0.05) is 6.92 Å². The second-order valence-electron chi connectivity index (χ2n) is 3.11. The fourth-order valence-corrected chi connectivity index (χ4v) is 1.28. The molecule has 58 valence electrons. The van der Waals surface area contributed by atoms with E-state index in [2.05, 4.69) is 12.2 Å². The van der Waals surface area contributed by atoms with Crippen LogP contribution in [0.3, 0.4) is 0 Å². The van der Waals surface area contributed by atoms with Crippen LogP contribution < -0.4 is 11.1 Å². The molecule has 1 aliphatic heterocycles. The molecule has 0 aromatic carbocycles. The first-order valence-electron chi connectivity index (χ1n) is 3.70. The number of rotatable bonds is 0. The topological polar surface area (TPSA) is 55.1 Å². The fraction of sp³-hybridized carbons (Fsp3) is 0.857. The smallest absolute Gasteiger partial charge is 0.221 e. The largest absolute Gasteiger partial charge is 0.356 e. The first-order chi connectivity index (χ1) is 4.68. The standard InChI is InChI=1S/C7H14N2O/c1-5-2-6(8)3-7(10)9-4-5/h5-6H,2-4,8H2,1H3,(H,9,10). The van der Waals surface area contributed by atoms with Crippen molar-refractivity contribution in [1.29, 1.82) is 0 Å².